The number of nitrogens with one attached hydrogen (secondary N) is 1. The minimum Gasteiger partial charge on any atom is -0.378 e. The molecule has 0 aliphatic carbocycles. The summed E-state index contributed by atoms with van der Waals surface area (Å²) < 4.78 is 7.35. The predicted molar refractivity (Wildman–Crippen MR) is 109 cm³/mol. The van der Waals surface area contributed by atoms with Gasteiger partial charge in [0.2, 0.25) is 0 Å². The van der Waals surface area contributed by atoms with Crippen molar-refractivity contribution in [3.63, 3.8) is 0 Å². The van der Waals surface area contributed by atoms with E-state index >= 15 is 0 Å². The highest BCUT2D eigenvalue weighted by Gasteiger charge is 2.28. The number of nitrogens with zero attached hydrogens (tertiary/aromatic N) is 5. The van der Waals surface area contributed by atoms with E-state index in [0.29, 0.717) is 32.2 Å². The fourth-order valence-corrected chi connectivity index (χ4v) is 4.08. The van der Waals surface area contributed by atoms with Gasteiger partial charge >= 0.3 is 0 Å². The summed E-state index contributed by atoms with van der Waals surface area (Å²) in [6.07, 6.45) is 5.37. The number of hydrogen-bond donors (Lipinski definition) is 1. The zero-order valence-corrected chi connectivity index (χ0v) is 16.3. The van der Waals surface area contributed by atoms with E-state index in [9.17, 15) is 4.79 Å². The molecule has 4 heterocycles. The van der Waals surface area contributed by atoms with Gasteiger partial charge in [0, 0.05) is 26.2 Å². The van der Waals surface area contributed by atoms with Crippen LogP contribution in [0.2, 0.25) is 0 Å². The van der Waals surface area contributed by atoms with E-state index in [0.717, 1.165) is 54.0 Å². The fourth-order valence-electron chi connectivity index (χ4n) is 4.08. The highest BCUT2D eigenvalue weighted by molar-refractivity contribution is 5.95. The summed E-state index contributed by atoms with van der Waals surface area (Å²) in [6.45, 7) is 4.14. The lowest BCUT2D eigenvalue weighted by Crippen LogP contribution is -2.41. The molecular formula is C21H24N6O2. The topological polar surface area (TPSA) is 85.2 Å². The predicted octanol–water partition coefficient (Wildman–Crippen LogP) is 1.97. The van der Waals surface area contributed by atoms with Crippen molar-refractivity contribution in [3.8, 4) is 0 Å². The average Bonchev–Trinajstić information content (AvgIpc) is 3.21. The Labute approximate surface area is 168 Å². The third-order valence-electron chi connectivity index (χ3n) is 5.73. The summed E-state index contributed by atoms with van der Waals surface area (Å²) in [6, 6.07) is 7.86. The molecule has 1 aromatic carbocycles. The van der Waals surface area contributed by atoms with Crippen LogP contribution in [-0.2, 0) is 17.7 Å². The second kappa shape index (κ2) is 7.79. The summed E-state index contributed by atoms with van der Waals surface area (Å²) >= 11 is 0. The molecule has 29 heavy (non-hydrogen) atoms. The summed E-state index contributed by atoms with van der Waals surface area (Å²) in [4.78, 5) is 23.9. The van der Waals surface area contributed by atoms with Gasteiger partial charge in [0.15, 0.2) is 0 Å². The van der Waals surface area contributed by atoms with Crippen LogP contribution in [0.4, 0.5) is 5.82 Å². The van der Waals surface area contributed by atoms with Crippen LogP contribution in [0.25, 0.3) is 11.0 Å². The normalized spacial score (nSPS) is 19.2. The lowest BCUT2D eigenvalue weighted by atomic mass is 9.94. The molecule has 0 spiro atoms. The quantitative estimate of drug-likeness (QED) is 0.731. The molecule has 2 aliphatic rings. The Bertz CT molecular complexity index is 1030. The van der Waals surface area contributed by atoms with Gasteiger partial charge in [0.05, 0.1) is 47.9 Å². The van der Waals surface area contributed by atoms with Crippen molar-refractivity contribution in [2.75, 3.05) is 38.2 Å². The van der Waals surface area contributed by atoms with Gasteiger partial charge in [0.1, 0.15) is 5.82 Å². The summed E-state index contributed by atoms with van der Waals surface area (Å²) in [5.74, 6) is 1.28. The van der Waals surface area contributed by atoms with Crippen LogP contribution < -0.4 is 5.32 Å². The lowest BCUT2D eigenvalue weighted by molar-refractivity contribution is 0.0301. The molecular weight excluding hydrogens is 368 g/mol. The van der Waals surface area contributed by atoms with Crippen LogP contribution in [0.3, 0.4) is 0 Å². The molecule has 8 heteroatoms. The molecule has 1 unspecified atom stereocenters. The minimum absolute atomic E-state index is 0.0727. The molecule has 0 bridgehead atoms. The molecule has 1 saturated heterocycles. The Balaban J connectivity index is 1.26. The number of carbonyl (C=O) groups excluding carboxylic acids is 1. The third kappa shape index (κ3) is 3.67. The Morgan fingerprint density at radius 2 is 1.97 bits per heavy atom. The SMILES string of the molecule is O=C(c1cnn2c1CC(CNc1cnc3ccccc3n1)CC2)N1CCOCC1. The van der Waals surface area contributed by atoms with Crippen molar-refractivity contribution >= 4 is 22.8 Å². The first-order chi connectivity index (χ1) is 14.3. The Morgan fingerprint density at radius 3 is 2.83 bits per heavy atom. The second-order valence-corrected chi connectivity index (χ2v) is 7.62. The summed E-state index contributed by atoms with van der Waals surface area (Å²) in [5.41, 5.74) is 3.56. The molecule has 8 nitrogen and oxygen atoms in total. The number of hydrogen-bond acceptors (Lipinski definition) is 6. The maximum absolute atomic E-state index is 12.9. The van der Waals surface area contributed by atoms with E-state index in [1.165, 1.54) is 0 Å². The number of anilines is 1. The van der Waals surface area contributed by atoms with Gasteiger partial charge in [-0.2, -0.15) is 5.10 Å². The number of ether oxygens (including phenoxy) is 1. The Hall–Kier alpha value is -3.00. The number of aryl methyl sites for hydroxylation is 1. The first-order valence-electron chi connectivity index (χ1n) is 10.2. The minimum atomic E-state index is 0.0727. The smallest absolute Gasteiger partial charge is 0.257 e. The maximum Gasteiger partial charge on any atom is 0.257 e. The van der Waals surface area contributed by atoms with Crippen LogP contribution in [0.15, 0.2) is 36.7 Å². The number of rotatable bonds is 4. The van der Waals surface area contributed by atoms with Gasteiger partial charge in [-0.15, -0.1) is 0 Å². The van der Waals surface area contributed by atoms with Crippen LogP contribution >= 0.6 is 0 Å². The molecule has 0 saturated carbocycles. The average molecular weight is 392 g/mol. The first kappa shape index (κ1) is 18.1. The Kier molecular flexibility index (Phi) is 4.85. The third-order valence-corrected chi connectivity index (χ3v) is 5.73. The highest BCUT2D eigenvalue weighted by atomic mass is 16.5. The van der Waals surface area contributed by atoms with E-state index in [1.807, 2.05) is 33.8 Å². The number of fused-ring (bicyclic) bond motifs is 2. The van der Waals surface area contributed by atoms with Crippen molar-refractivity contribution < 1.29 is 9.53 Å². The van der Waals surface area contributed by atoms with Crippen LogP contribution in [-0.4, -0.2) is 63.4 Å². The second-order valence-electron chi connectivity index (χ2n) is 7.62. The molecule has 1 fully saturated rings. The summed E-state index contributed by atoms with van der Waals surface area (Å²) in [7, 11) is 0. The van der Waals surface area contributed by atoms with E-state index in [-0.39, 0.29) is 5.91 Å². The largest absolute Gasteiger partial charge is 0.378 e. The van der Waals surface area contributed by atoms with Crippen LogP contribution in [0.5, 0.6) is 0 Å². The molecule has 1 N–H and O–H groups in total. The van der Waals surface area contributed by atoms with Gasteiger partial charge in [-0.3, -0.25) is 14.5 Å². The van der Waals surface area contributed by atoms with Crippen molar-refractivity contribution in [1.82, 2.24) is 24.6 Å². The molecule has 3 aromatic rings. The number of para-hydroxylation sites is 2. The summed E-state index contributed by atoms with van der Waals surface area (Å²) in [5, 5.41) is 7.88. The highest BCUT2D eigenvalue weighted by Crippen LogP contribution is 2.25. The van der Waals surface area contributed by atoms with Crippen molar-refractivity contribution in [2.24, 2.45) is 5.92 Å². The molecule has 2 aromatic heterocycles. The van der Waals surface area contributed by atoms with Crippen molar-refractivity contribution in [1.29, 1.82) is 0 Å². The number of aromatic nitrogens is 4. The van der Waals surface area contributed by atoms with Crippen LogP contribution in [0, 0.1) is 5.92 Å². The number of amides is 1. The Morgan fingerprint density at radius 1 is 1.14 bits per heavy atom. The van der Waals surface area contributed by atoms with Gasteiger partial charge < -0.3 is 15.0 Å². The number of carbonyl (C=O) groups is 1. The van der Waals surface area contributed by atoms with E-state index < -0.39 is 0 Å². The molecule has 0 radical (unpaired) electrons. The lowest BCUT2D eigenvalue weighted by Gasteiger charge is -2.28. The molecule has 150 valence electrons. The van der Waals surface area contributed by atoms with Gasteiger partial charge in [-0.1, -0.05) is 12.1 Å². The molecule has 1 amide bonds. The zero-order valence-electron chi connectivity index (χ0n) is 16.3. The molecule has 1 atom stereocenters. The number of benzene rings is 1. The van der Waals surface area contributed by atoms with Gasteiger partial charge in [0.25, 0.3) is 5.91 Å². The van der Waals surface area contributed by atoms with E-state index in [2.05, 4.69) is 20.4 Å². The monoisotopic (exact) mass is 392 g/mol. The molecule has 2 aliphatic heterocycles. The fraction of sp³-hybridized carbons (Fsp3) is 0.429. The zero-order chi connectivity index (χ0) is 19.6. The van der Waals surface area contributed by atoms with E-state index in [1.54, 1.807) is 12.4 Å². The van der Waals surface area contributed by atoms with E-state index in [4.69, 9.17) is 4.74 Å². The van der Waals surface area contributed by atoms with Gasteiger partial charge in [-0.05, 0) is 30.9 Å². The van der Waals surface area contributed by atoms with Gasteiger partial charge in [-0.25, -0.2) is 4.98 Å². The van der Waals surface area contributed by atoms with Crippen LogP contribution in [0.1, 0.15) is 22.5 Å². The number of morpholine rings is 1. The van der Waals surface area contributed by atoms with Crippen molar-refractivity contribution in [2.45, 2.75) is 19.4 Å². The first-order valence-corrected chi connectivity index (χ1v) is 10.2. The molecule has 5 rings (SSSR count). The van der Waals surface area contributed by atoms with Crippen molar-refractivity contribution in [3.05, 3.63) is 47.9 Å². The maximum atomic E-state index is 12.9. The standard InChI is InChI=1S/C21H24N6O2/c28-21(26-7-9-29-10-8-26)16-13-24-27-6-5-15(11-19(16)27)12-23-20-14-22-17-3-1-2-4-18(17)25-20/h1-4,13-15H,5-12H2,(H,23,25).